The molecule has 0 aliphatic rings. The zero-order valence-electron chi connectivity index (χ0n) is 13.6. The minimum atomic E-state index is -0.531. The number of carbonyl (C=O) groups excluding carboxylic acids is 1. The standard InChI is InChI=1S/C19H13Cl2FN2O2/c1-26-17-9-13(15(22)10-14(17)20)11-5-2-3-7-16(11)24-19(25)12-6-4-8-23-18(12)21/h2-10H,1H3,(H,24,25). The quantitative estimate of drug-likeness (QED) is 0.602. The summed E-state index contributed by atoms with van der Waals surface area (Å²) >= 11 is 11.9. The van der Waals surface area contributed by atoms with E-state index in [1.807, 2.05) is 0 Å². The predicted molar refractivity (Wildman–Crippen MR) is 101 cm³/mol. The maximum atomic E-state index is 14.5. The Morgan fingerprint density at radius 3 is 2.62 bits per heavy atom. The molecule has 7 heteroatoms. The predicted octanol–water partition coefficient (Wildman–Crippen LogP) is 5.46. The van der Waals surface area contributed by atoms with Gasteiger partial charge in [-0.15, -0.1) is 0 Å². The number of nitrogens with zero attached hydrogens (tertiary/aromatic N) is 1. The zero-order chi connectivity index (χ0) is 18.7. The van der Waals surface area contributed by atoms with Crippen molar-refractivity contribution in [3.05, 3.63) is 76.3 Å². The van der Waals surface area contributed by atoms with E-state index in [1.54, 1.807) is 36.4 Å². The summed E-state index contributed by atoms with van der Waals surface area (Å²) in [5.41, 5.74) is 1.37. The van der Waals surface area contributed by atoms with Crippen LogP contribution in [0.3, 0.4) is 0 Å². The first-order chi connectivity index (χ1) is 12.5. The number of carbonyl (C=O) groups is 1. The Balaban J connectivity index is 2.02. The summed E-state index contributed by atoms with van der Waals surface area (Å²) in [6, 6.07) is 12.6. The summed E-state index contributed by atoms with van der Waals surface area (Å²) in [5.74, 6) is -0.645. The van der Waals surface area contributed by atoms with Gasteiger partial charge in [-0.25, -0.2) is 9.37 Å². The fourth-order valence-corrected chi connectivity index (χ4v) is 2.90. The highest BCUT2D eigenvalue weighted by molar-refractivity contribution is 6.33. The summed E-state index contributed by atoms with van der Waals surface area (Å²) in [5, 5.41) is 2.99. The van der Waals surface area contributed by atoms with E-state index in [9.17, 15) is 9.18 Å². The summed E-state index contributed by atoms with van der Waals surface area (Å²) in [4.78, 5) is 16.4. The lowest BCUT2D eigenvalue weighted by Gasteiger charge is -2.14. The molecule has 1 heterocycles. The van der Waals surface area contributed by atoms with E-state index < -0.39 is 11.7 Å². The van der Waals surface area contributed by atoms with Crippen molar-refractivity contribution in [1.29, 1.82) is 0 Å². The van der Waals surface area contributed by atoms with Crippen LogP contribution in [0.2, 0.25) is 10.2 Å². The second-order valence-corrected chi connectivity index (χ2v) is 6.07. The van der Waals surface area contributed by atoms with Gasteiger partial charge in [-0.3, -0.25) is 4.79 Å². The maximum absolute atomic E-state index is 14.5. The Morgan fingerprint density at radius 2 is 1.88 bits per heavy atom. The van der Waals surface area contributed by atoms with Gasteiger partial charge in [0.25, 0.3) is 5.91 Å². The van der Waals surface area contributed by atoms with E-state index >= 15 is 0 Å². The first kappa shape index (κ1) is 18.2. The number of para-hydroxylation sites is 1. The molecule has 132 valence electrons. The summed E-state index contributed by atoms with van der Waals surface area (Å²) < 4.78 is 19.6. The van der Waals surface area contributed by atoms with Gasteiger partial charge >= 0.3 is 0 Å². The lowest BCUT2D eigenvalue weighted by Crippen LogP contribution is -2.13. The molecule has 0 unspecified atom stereocenters. The first-order valence-corrected chi connectivity index (χ1v) is 8.31. The van der Waals surface area contributed by atoms with Crippen molar-refractivity contribution in [2.45, 2.75) is 0 Å². The van der Waals surface area contributed by atoms with Gasteiger partial charge in [-0.2, -0.15) is 0 Å². The topological polar surface area (TPSA) is 51.2 Å². The highest BCUT2D eigenvalue weighted by atomic mass is 35.5. The van der Waals surface area contributed by atoms with Crippen molar-refractivity contribution in [2.75, 3.05) is 12.4 Å². The van der Waals surface area contributed by atoms with Crippen LogP contribution in [0.1, 0.15) is 10.4 Å². The monoisotopic (exact) mass is 390 g/mol. The molecule has 3 aromatic rings. The third-order valence-corrected chi connectivity index (χ3v) is 4.31. The molecular weight excluding hydrogens is 378 g/mol. The number of pyridine rings is 1. The smallest absolute Gasteiger partial charge is 0.258 e. The van der Waals surface area contributed by atoms with Crippen LogP contribution in [0.25, 0.3) is 11.1 Å². The second-order valence-electron chi connectivity index (χ2n) is 5.31. The van der Waals surface area contributed by atoms with Crippen molar-refractivity contribution in [2.24, 2.45) is 0 Å². The molecule has 0 fully saturated rings. The fourth-order valence-electron chi connectivity index (χ4n) is 2.46. The molecule has 3 rings (SSSR count). The van der Waals surface area contributed by atoms with Crippen LogP contribution in [0.5, 0.6) is 5.75 Å². The first-order valence-electron chi connectivity index (χ1n) is 7.55. The number of benzene rings is 2. The lowest BCUT2D eigenvalue weighted by atomic mass is 10.0. The van der Waals surface area contributed by atoms with Crippen LogP contribution in [0.15, 0.2) is 54.7 Å². The van der Waals surface area contributed by atoms with Gasteiger partial charge in [0.15, 0.2) is 0 Å². The van der Waals surface area contributed by atoms with Gasteiger partial charge in [-0.1, -0.05) is 41.4 Å². The Hall–Kier alpha value is -2.63. The molecule has 0 aliphatic carbocycles. The van der Waals surface area contributed by atoms with Crippen LogP contribution >= 0.6 is 23.2 Å². The Bertz CT molecular complexity index is 980. The average molecular weight is 391 g/mol. The van der Waals surface area contributed by atoms with Crippen LogP contribution in [-0.4, -0.2) is 18.0 Å². The highest BCUT2D eigenvalue weighted by Crippen LogP contribution is 2.36. The maximum Gasteiger partial charge on any atom is 0.258 e. The third-order valence-electron chi connectivity index (χ3n) is 3.71. The van der Waals surface area contributed by atoms with Gasteiger partial charge < -0.3 is 10.1 Å². The van der Waals surface area contributed by atoms with Crippen molar-refractivity contribution >= 4 is 34.8 Å². The number of amides is 1. The number of ether oxygens (including phenoxy) is 1. The van der Waals surface area contributed by atoms with Crippen molar-refractivity contribution in [3.63, 3.8) is 0 Å². The number of anilines is 1. The Labute approximate surface area is 159 Å². The number of hydrogen-bond acceptors (Lipinski definition) is 3. The van der Waals surface area contributed by atoms with E-state index in [-0.39, 0.29) is 21.3 Å². The van der Waals surface area contributed by atoms with Gasteiger partial charge in [0.2, 0.25) is 0 Å². The van der Waals surface area contributed by atoms with Crippen molar-refractivity contribution in [3.8, 4) is 16.9 Å². The van der Waals surface area contributed by atoms with E-state index in [1.165, 1.54) is 25.4 Å². The van der Waals surface area contributed by atoms with E-state index in [0.29, 0.717) is 17.0 Å². The molecule has 26 heavy (non-hydrogen) atoms. The number of nitrogens with one attached hydrogen (secondary N) is 1. The highest BCUT2D eigenvalue weighted by Gasteiger charge is 2.17. The second kappa shape index (κ2) is 7.72. The Morgan fingerprint density at radius 1 is 1.12 bits per heavy atom. The summed E-state index contributed by atoms with van der Waals surface area (Å²) in [6.07, 6.45) is 1.49. The molecular formula is C19H13Cl2FN2O2. The molecule has 2 aromatic carbocycles. The minimum absolute atomic E-state index is 0.0850. The molecule has 1 aromatic heterocycles. The van der Waals surface area contributed by atoms with Crippen LogP contribution < -0.4 is 10.1 Å². The number of halogens is 3. The molecule has 0 saturated carbocycles. The molecule has 0 saturated heterocycles. The largest absolute Gasteiger partial charge is 0.495 e. The fraction of sp³-hybridized carbons (Fsp3) is 0.0526. The van der Waals surface area contributed by atoms with E-state index in [0.717, 1.165) is 0 Å². The number of rotatable bonds is 4. The minimum Gasteiger partial charge on any atom is -0.495 e. The third kappa shape index (κ3) is 3.64. The normalized spacial score (nSPS) is 10.5. The number of methoxy groups -OCH3 is 1. The average Bonchev–Trinajstić information content (AvgIpc) is 2.63. The van der Waals surface area contributed by atoms with Crippen LogP contribution in [-0.2, 0) is 0 Å². The number of hydrogen-bond donors (Lipinski definition) is 1. The van der Waals surface area contributed by atoms with Crippen LogP contribution in [0, 0.1) is 5.82 Å². The van der Waals surface area contributed by atoms with Gasteiger partial charge in [0.05, 0.1) is 17.7 Å². The summed E-state index contributed by atoms with van der Waals surface area (Å²) in [7, 11) is 1.45. The van der Waals surface area contributed by atoms with Crippen LogP contribution in [0.4, 0.5) is 10.1 Å². The van der Waals surface area contributed by atoms with E-state index in [2.05, 4.69) is 10.3 Å². The van der Waals surface area contributed by atoms with Gasteiger partial charge in [0, 0.05) is 23.0 Å². The molecule has 0 aliphatic heterocycles. The molecule has 1 N–H and O–H groups in total. The molecule has 1 amide bonds. The molecule has 0 atom stereocenters. The van der Waals surface area contributed by atoms with Gasteiger partial charge in [-0.05, 0) is 30.3 Å². The summed E-state index contributed by atoms with van der Waals surface area (Å²) in [6.45, 7) is 0. The molecule has 0 spiro atoms. The molecule has 4 nitrogen and oxygen atoms in total. The van der Waals surface area contributed by atoms with Crippen molar-refractivity contribution < 1.29 is 13.9 Å². The molecule has 0 bridgehead atoms. The van der Waals surface area contributed by atoms with Crippen molar-refractivity contribution in [1.82, 2.24) is 4.98 Å². The lowest BCUT2D eigenvalue weighted by molar-refractivity contribution is 0.102. The van der Waals surface area contributed by atoms with E-state index in [4.69, 9.17) is 27.9 Å². The number of aromatic nitrogens is 1. The SMILES string of the molecule is COc1cc(-c2ccccc2NC(=O)c2cccnc2Cl)c(F)cc1Cl. The Kier molecular flexibility index (Phi) is 5.40. The molecule has 0 radical (unpaired) electrons. The zero-order valence-corrected chi connectivity index (χ0v) is 15.1. The van der Waals surface area contributed by atoms with Gasteiger partial charge in [0.1, 0.15) is 16.7 Å².